The molecular formula is C17H17ClN4O. The topological polar surface area (TPSA) is 73.3 Å². The highest BCUT2D eigenvalue weighted by atomic mass is 35.5. The highest BCUT2D eigenvalue weighted by Gasteiger charge is 2.08. The van der Waals surface area contributed by atoms with E-state index in [0.717, 1.165) is 5.56 Å². The molecule has 5 nitrogen and oxygen atoms in total. The fraction of sp³-hybridized carbons (Fsp3) is 0.118. The third kappa shape index (κ3) is 4.17. The summed E-state index contributed by atoms with van der Waals surface area (Å²) in [6.07, 6.45) is 6.68. The van der Waals surface area contributed by atoms with Gasteiger partial charge in [-0.3, -0.25) is 9.79 Å². The lowest BCUT2D eigenvalue weighted by atomic mass is 10.2. The number of aliphatic imine (C=N–C) groups is 1. The smallest absolute Gasteiger partial charge is 0.248 e. The summed E-state index contributed by atoms with van der Waals surface area (Å²) in [5.41, 5.74) is 7.73. The van der Waals surface area contributed by atoms with Crippen molar-refractivity contribution >= 4 is 29.9 Å². The summed E-state index contributed by atoms with van der Waals surface area (Å²) >= 11 is 6.16. The summed E-state index contributed by atoms with van der Waals surface area (Å²) in [7, 11) is 0. The van der Waals surface area contributed by atoms with Gasteiger partial charge in [0.1, 0.15) is 5.69 Å². The second-order valence-corrected chi connectivity index (χ2v) is 5.23. The largest absolute Gasteiger partial charge is 0.366 e. The minimum Gasteiger partial charge on any atom is -0.366 e. The van der Waals surface area contributed by atoms with E-state index >= 15 is 0 Å². The minimum absolute atomic E-state index is 0.355. The van der Waals surface area contributed by atoms with Gasteiger partial charge in [-0.2, -0.15) is 0 Å². The number of primary amides is 1. The fourth-order valence-electron chi connectivity index (χ4n) is 2.05. The van der Waals surface area contributed by atoms with Crippen molar-refractivity contribution in [1.82, 2.24) is 9.55 Å². The molecule has 0 fully saturated rings. The van der Waals surface area contributed by atoms with E-state index in [0.29, 0.717) is 28.5 Å². The Morgan fingerprint density at radius 1 is 1.48 bits per heavy atom. The van der Waals surface area contributed by atoms with Crippen LogP contribution >= 0.6 is 11.6 Å². The van der Waals surface area contributed by atoms with Crippen LogP contribution in [0, 0.1) is 0 Å². The quantitative estimate of drug-likeness (QED) is 0.503. The predicted molar refractivity (Wildman–Crippen MR) is 93.3 cm³/mol. The molecule has 23 heavy (non-hydrogen) atoms. The van der Waals surface area contributed by atoms with Crippen molar-refractivity contribution in [3.63, 3.8) is 0 Å². The summed E-state index contributed by atoms with van der Waals surface area (Å²) in [6.45, 7) is 5.84. The molecule has 2 rings (SSSR count). The van der Waals surface area contributed by atoms with Crippen molar-refractivity contribution in [1.29, 1.82) is 0 Å². The van der Waals surface area contributed by atoms with Crippen LogP contribution in [0.4, 0.5) is 0 Å². The maximum absolute atomic E-state index is 11.3. The van der Waals surface area contributed by atoms with E-state index in [2.05, 4.69) is 16.7 Å². The zero-order chi connectivity index (χ0) is 16.8. The summed E-state index contributed by atoms with van der Waals surface area (Å²) in [5.74, 6) is -0.524. The monoisotopic (exact) mass is 328 g/mol. The molecule has 0 saturated heterocycles. The number of nitrogens with two attached hydrogens (primary N) is 1. The first-order valence-electron chi connectivity index (χ1n) is 6.95. The van der Waals surface area contributed by atoms with E-state index in [-0.39, 0.29) is 0 Å². The standard InChI is InChI=1S/C17H17ClN4O/c1-3-12(17(19)23)8-15(20-2)16-10-22(11-21-16)9-13-6-4-5-7-14(13)18/h3-8,10-11H,2,9H2,1H3,(H2,19,23)/b12-3+,15-8-. The number of nitrogens with zero attached hydrogens (tertiary/aromatic N) is 3. The molecule has 0 radical (unpaired) electrons. The van der Waals surface area contributed by atoms with Gasteiger partial charge in [0.05, 0.1) is 12.0 Å². The molecule has 0 spiro atoms. The van der Waals surface area contributed by atoms with Crippen LogP contribution in [0.1, 0.15) is 18.2 Å². The second-order valence-electron chi connectivity index (χ2n) is 4.82. The predicted octanol–water partition coefficient (Wildman–Crippen LogP) is 3.06. The lowest BCUT2D eigenvalue weighted by molar-refractivity contribution is -0.114. The van der Waals surface area contributed by atoms with E-state index < -0.39 is 5.91 Å². The van der Waals surface area contributed by atoms with Crippen LogP contribution in [0.2, 0.25) is 5.02 Å². The molecule has 0 aliphatic carbocycles. The van der Waals surface area contributed by atoms with Gasteiger partial charge in [0.2, 0.25) is 5.91 Å². The van der Waals surface area contributed by atoms with Gasteiger partial charge in [-0.1, -0.05) is 35.9 Å². The van der Waals surface area contributed by atoms with Crippen molar-refractivity contribution in [2.24, 2.45) is 10.7 Å². The molecule has 1 amide bonds. The molecule has 0 bridgehead atoms. The van der Waals surface area contributed by atoms with Gasteiger partial charge in [-0.25, -0.2) is 4.98 Å². The molecule has 2 N–H and O–H groups in total. The minimum atomic E-state index is -0.524. The van der Waals surface area contributed by atoms with E-state index in [4.69, 9.17) is 17.3 Å². The SMILES string of the molecule is C=N/C(=C\C(=C/C)C(N)=O)c1cn(Cc2ccccc2Cl)cn1. The number of halogens is 1. The number of carbonyl (C=O) groups is 1. The molecule has 1 heterocycles. The Labute approximate surface area is 139 Å². The molecule has 0 unspecified atom stereocenters. The van der Waals surface area contributed by atoms with Crippen LogP contribution in [-0.2, 0) is 11.3 Å². The van der Waals surface area contributed by atoms with Crippen molar-refractivity contribution in [3.05, 3.63) is 70.8 Å². The lowest BCUT2D eigenvalue weighted by Crippen LogP contribution is -2.12. The number of benzene rings is 1. The van der Waals surface area contributed by atoms with Gasteiger partial charge in [0, 0.05) is 23.3 Å². The van der Waals surface area contributed by atoms with Gasteiger partial charge >= 0.3 is 0 Å². The molecule has 6 heteroatoms. The van der Waals surface area contributed by atoms with Crippen LogP contribution in [0.15, 0.2) is 59.5 Å². The number of allylic oxidation sites excluding steroid dienone is 1. The Hall–Kier alpha value is -2.66. The van der Waals surface area contributed by atoms with Gasteiger partial charge in [0.15, 0.2) is 0 Å². The Morgan fingerprint density at radius 2 is 2.22 bits per heavy atom. The number of aromatic nitrogens is 2. The van der Waals surface area contributed by atoms with Crippen LogP contribution in [0.3, 0.4) is 0 Å². The van der Waals surface area contributed by atoms with Gasteiger partial charge in [-0.15, -0.1) is 0 Å². The van der Waals surface area contributed by atoms with Gasteiger partial charge < -0.3 is 10.3 Å². The molecule has 2 aromatic rings. The van der Waals surface area contributed by atoms with Crippen LogP contribution in [0.5, 0.6) is 0 Å². The summed E-state index contributed by atoms with van der Waals surface area (Å²) < 4.78 is 1.88. The Kier molecular flexibility index (Phi) is 5.49. The Balaban J connectivity index is 2.27. The first kappa shape index (κ1) is 16.7. The van der Waals surface area contributed by atoms with E-state index in [1.807, 2.05) is 35.0 Å². The molecular weight excluding hydrogens is 312 g/mol. The number of hydrogen-bond donors (Lipinski definition) is 1. The van der Waals surface area contributed by atoms with E-state index in [9.17, 15) is 4.79 Å². The van der Waals surface area contributed by atoms with Gasteiger partial charge in [-0.05, 0) is 31.3 Å². The molecule has 1 aromatic carbocycles. The van der Waals surface area contributed by atoms with Crippen LogP contribution in [0.25, 0.3) is 5.70 Å². The highest BCUT2D eigenvalue weighted by Crippen LogP contribution is 2.19. The third-order valence-corrected chi connectivity index (χ3v) is 3.63. The van der Waals surface area contributed by atoms with Crippen molar-refractivity contribution < 1.29 is 4.79 Å². The number of amides is 1. The van der Waals surface area contributed by atoms with Crippen LogP contribution in [-0.4, -0.2) is 22.2 Å². The molecule has 0 aliphatic heterocycles. The normalized spacial score (nSPS) is 12.3. The molecule has 0 saturated carbocycles. The number of hydrogen-bond acceptors (Lipinski definition) is 3. The van der Waals surface area contributed by atoms with Crippen molar-refractivity contribution in [3.8, 4) is 0 Å². The average molecular weight is 329 g/mol. The maximum Gasteiger partial charge on any atom is 0.248 e. The highest BCUT2D eigenvalue weighted by molar-refractivity contribution is 6.31. The number of imidazole rings is 1. The van der Waals surface area contributed by atoms with E-state index in [1.54, 1.807) is 25.4 Å². The second kappa shape index (κ2) is 7.56. The molecule has 0 aliphatic rings. The lowest BCUT2D eigenvalue weighted by Gasteiger charge is -2.04. The summed E-state index contributed by atoms with van der Waals surface area (Å²) in [4.78, 5) is 19.5. The Bertz CT molecular complexity index is 789. The zero-order valence-electron chi connectivity index (χ0n) is 12.7. The molecule has 1 aromatic heterocycles. The summed E-state index contributed by atoms with van der Waals surface area (Å²) in [6, 6.07) is 7.61. The molecule has 0 atom stereocenters. The fourth-order valence-corrected chi connectivity index (χ4v) is 2.24. The Morgan fingerprint density at radius 3 is 2.83 bits per heavy atom. The first-order valence-corrected chi connectivity index (χ1v) is 7.33. The van der Waals surface area contributed by atoms with E-state index in [1.165, 1.54) is 0 Å². The zero-order valence-corrected chi connectivity index (χ0v) is 13.5. The average Bonchev–Trinajstić information content (AvgIpc) is 2.99. The number of carbonyl (C=O) groups excluding carboxylic acids is 1. The van der Waals surface area contributed by atoms with Crippen LogP contribution < -0.4 is 5.73 Å². The van der Waals surface area contributed by atoms with Crippen molar-refractivity contribution in [2.45, 2.75) is 13.5 Å². The van der Waals surface area contributed by atoms with Crippen molar-refractivity contribution in [2.75, 3.05) is 0 Å². The first-order chi connectivity index (χ1) is 11.0. The maximum atomic E-state index is 11.3. The summed E-state index contributed by atoms with van der Waals surface area (Å²) in [5, 5.41) is 0.699. The third-order valence-electron chi connectivity index (χ3n) is 3.26. The van der Waals surface area contributed by atoms with Gasteiger partial charge in [0.25, 0.3) is 0 Å². The number of rotatable bonds is 6. The molecule has 118 valence electrons.